The quantitative estimate of drug-likeness (QED) is 0.491. The van der Waals surface area contributed by atoms with Gasteiger partial charge in [0.1, 0.15) is 18.5 Å². The van der Waals surface area contributed by atoms with E-state index in [4.69, 9.17) is 9.47 Å². The van der Waals surface area contributed by atoms with Crippen molar-refractivity contribution in [2.75, 3.05) is 26.3 Å². The lowest BCUT2D eigenvalue weighted by molar-refractivity contribution is -0.140. The van der Waals surface area contributed by atoms with Crippen LogP contribution in [0.5, 0.6) is 5.75 Å². The van der Waals surface area contributed by atoms with Crippen LogP contribution >= 0.6 is 0 Å². The highest BCUT2D eigenvalue weighted by Gasteiger charge is 2.32. The van der Waals surface area contributed by atoms with Gasteiger partial charge in [0.05, 0.1) is 13.2 Å². The molecule has 174 valence electrons. The molecule has 1 aliphatic heterocycles. The summed E-state index contributed by atoms with van der Waals surface area (Å²) in [4.78, 5) is 26.9. The van der Waals surface area contributed by atoms with Crippen LogP contribution in [0.25, 0.3) is 11.1 Å². The zero-order valence-corrected chi connectivity index (χ0v) is 19.6. The molecule has 0 aromatic heterocycles. The Hall–Kier alpha value is -3.44. The summed E-state index contributed by atoms with van der Waals surface area (Å²) in [6, 6.07) is 22.3. The fourth-order valence-corrected chi connectivity index (χ4v) is 5.14. The monoisotopic (exact) mass is 455 g/mol. The minimum absolute atomic E-state index is 0.0429. The molecule has 3 aromatic rings. The maximum atomic E-state index is 13.3. The molecule has 0 spiro atoms. The largest absolute Gasteiger partial charge is 0.491 e. The van der Waals surface area contributed by atoms with Crippen molar-refractivity contribution in [3.05, 3.63) is 89.0 Å². The van der Waals surface area contributed by atoms with Crippen molar-refractivity contribution < 1.29 is 19.1 Å². The van der Waals surface area contributed by atoms with Crippen LogP contribution in [0.4, 0.5) is 0 Å². The van der Waals surface area contributed by atoms with Crippen molar-refractivity contribution in [1.82, 2.24) is 4.90 Å². The fraction of sp³-hybridized carbons (Fsp3) is 0.310. The SMILES string of the molecule is CC(=O)c1ccc(OCC2CN(C(=O)CC3c4ccccc4-c4ccccc43)CCO2)cc1C. The number of carbonyl (C=O) groups is 2. The third kappa shape index (κ3) is 4.36. The molecule has 5 rings (SSSR count). The Labute approximate surface area is 200 Å². The van der Waals surface area contributed by atoms with Crippen molar-refractivity contribution in [3.8, 4) is 16.9 Å². The number of fused-ring (bicyclic) bond motifs is 3. The lowest BCUT2D eigenvalue weighted by Gasteiger charge is -2.33. The molecule has 0 N–H and O–H groups in total. The number of aryl methyl sites for hydroxylation is 1. The van der Waals surface area contributed by atoms with Gasteiger partial charge < -0.3 is 14.4 Å². The lowest BCUT2D eigenvalue weighted by Crippen LogP contribution is -2.47. The van der Waals surface area contributed by atoms with Gasteiger partial charge in [-0.3, -0.25) is 9.59 Å². The smallest absolute Gasteiger partial charge is 0.223 e. The van der Waals surface area contributed by atoms with E-state index in [1.807, 2.05) is 24.0 Å². The molecule has 0 saturated carbocycles. The molecule has 1 saturated heterocycles. The van der Waals surface area contributed by atoms with E-state index in [1.165, 1.54) is 22.3 Å². The van der Waals surface area contributed by atoms with Gasteiger partial charge in [0.15, 0.2) is 5.78 Å². The summed E-state index contributed by atoms with van der Waals surface area (Å²) >= 11 is 0. The molecule has 0 bridgehead atoms. The highest BCUT2D eigenvalue weighted by Crippen LogP contribution is 2.46. The number of Topliss-reactive ketones (excluding diaryl/α,β-unsaturated/α-hetero) is 1. The van der Waals surface area contributed by atoms with Crippen LogP contribution in [0.3, 0.4) is 0 Å². The van der Waals surface area contributed by atoms with E-state index in [1.54, 1.807) is 13.0 Å². The van der Waals surface area contributed by atoms with Gasteiger partial charge in [-0.1, -0.05) is 48.5 Å². The fourth-order valence-electron chi connectivity index (χ4n) is 5.14. The number of amides is 1. The molecule has 1 unspecified atom stereocenters. The minimum Gasteiger partial charge on any atom is -0.491 e. The first-order valence-corrected chi connectivity index (χ1v) is 11.8. The number of hydrogen-bond donors (Lipinski definition) is 0. The van der Waals surface area contributed by atoms with Gasteiger partial charge in [-0.05, 0) is 59.9 Å². The van der Waals surface area contributed by atoms with Crippen molar-refractivity contribution >= 4 is 11.7 Å². The third-order valence-corrected chi connectivity index (χ3v) is 6.85. The number of carbonyl (C=O) groups excluding carboxylic acids is 2. The van der Waals surface area contributed by atoms with Crippen LogP contribution in [-0.4, -0.2) is 49.0 Å². The van der Waals surface area contributed by atoms with Gasteiger partial charge >= 0.3 is 0 Å². The molecular weight excluding hydrogens is 426 g/mol. The Bertz CT molecular complexity index is 1190. The van der Waals surface area contributed by atoms with Crippen molar-refractivity contribution in [3.63, 3.8) is 0 Å². The molecule has 5 nitrogen and oxygen atoms in total. The predicted molar refractivity (Wildman–Crippen MR) is 131 cm³/mol. The molecule has 1 heterocycles. The second kappa shape index (κ2) is 9.43. The van der Waals surface area contributed by atoms with Crippen molar-refractivity contribution in [2.45, 2.75) is 32.3 Å². The highest BCUT2D eigenvalue weighted by atomic mass is 16.5. The number of nitrogens with zero attached hydrogens (tertiary/aromatic N) is 1. The standard InChI is InChI=1S/C29H29NO4/c1-19-15-21(11-12-23(19)20(2)31)34-18-22-17-30(13-14-33-22)29(32)16-28-26-9-5-3-7-24(26)25-8-4-6-10-27(25)28/h3-12,15,22,28H,13-14,16-18H2,1-2H3. The van der Waals surface area contributed by atoms with Gasteiger partial charge in [-0.25, -0.2) is 0 Å². The van der Waals surface area contributed by atoms with Crippen LogP contribution in [0.15, 0.2) is 66.7 Å². The van der Waals surface area contributed by atoms with E-state index in [0.29, 0.717) is 44.0 Å². The predicted octanol–water partition coefficient (Wildman–Crippen LogP) is 5.01. The maximum Gasteiger partial charge on any atom is 0.223 e. The number of rotatable bonds is 6. The van der Waals surface area contributed by atoms with Gasteiger partial charge in [0.2, 0.25) is 5.91 Å². The molecule has 1 atom stereocenters. The molecule has 0 radical (unpaired) electrons. The topological polar surface area (TPSA) is 55.8 Å². The van der Waals surface area contributed by atoms with E-state index in [9.17, 15) is 9.59 Å². The summed E-state index contributed by atoms with van der Waals surface area (Å²) in [5, 5.41) is 0. The summed E-state index contributed by atoms with van der Waals surface area (Å²) < 4.78 is 11.8. The zero-order valence-electron chi connectivity index (χ0n) is 19.6. The number of benzene rings is 3. The Morgan fingerprint density at radius 1 is 1.00 bits per heavy atom. The summed E-state index contributed by atoms with van der Waals surface area (Å²) in [5.41, 5.74) is 6.52. The lowest BCUT2D eigenvalue weighted by atomic mass is 9.93. The molecule has 1 aliphatic carbocycles. The average molecular weight is 456 g/mol. The Morgan fingerprint density at radius 2 is 1.68 bits per heavy atom. The Balaban J connectivity index is 1.23. The molecule has 3 aromatic carbocycles. The summed E-state index contributed by atoms with van der Waals surface area (Å²) in [6.07, 6.45) is 0.265. The van der Waals surface area contributed by atoms with E-state index < -0.39 is 0 Å². The number of morpholine rings is 1. The third-order valence-electron chi connectivity index (χ3n) is 6.85. The number of ether oxygens (including phenoxy) is 2. The van der Waals surface area contributed by atoms with Crippen LogP contribution in [0, 0.1) is 6.92 Å². The van der Waals surface area contributed by atoms with E-state index in [-0.39, 0.29) is 23.7 Å². The number of hydrogen-bond acceptors (Lipinski definition) is 4. The molecule has 1 fully saturated rings. The molecule has 2 aliphatic rings. The molecular formula is C29H29NO4. The zero-order chi connectivity index (χ0) is 23.7. The Morgan fingerprint density at radius 3 is 2.32 bits per heavy atom. The molecule has 1 amide bonds. The second-order valence-electron chi connectivity index (χ2n) is 9.11. The van der Waals surface area contributed by atoms with Crippen LogP contribution in [-0.2, 0) is 9.53 Å². The van der Waals surface area contributed by atoms with Gasteiger partial charge in [0.25, 0.3) is 0 Å². The summed E-state index contributed by atoms with van der Waals surface area (Å²) in [5.74, 6) is 0.974. The minimum atomic E-state index is -0.186. The second-order valence-corrected chi connectivity index (χ2v) is 9.11. The highest BCUT2D eigenvalue weighted by molar-refractivity contribution is 5.95. The normalized spacial score (nSPS) is 17.2. The maximum absolute atomic E-state index is 13.3. The summed E-state index contributed by atoms with van der Waals surface area (Å²) in [7, 11) is 0. The van der Waals surface area contributed by atoms with E-state index >= 15 is 0 Å². The average Bonchev–Trinajstić information content (AvgIpc) is 3.16. The molecule has 34 heavy (non-hydrogen) atoms. The first-order valence-electron chi connectivity index (χ1n) is 11.8. The van der Waals surface area contributed by atoms with Gasteiger partial charge in [-0.2, -0.15) is 0 Å². The van der Waals surface area contributed by atoms with Crippen LogP contribution in [0.1, 0.15) is 46.3 Å². The first kappa shape index (κ1) is 22.4. The van der Waals surface area contributed by atoms with Gasteiger partial charge in [-0.15, -0.1) is 0 Å². The van der Waals surface area contributed by atoms with E-state index in [2.05, 4.69) is 48.5 Å². The Kier molecular flexibility index (Phi) is 6.20. The molecule has 5 heteroatoms. The van der Waals surface area contributed by atoms with Crippen molar-refractivity contribution in [1.29, 1.82) is 0 Å². The van der Waals surface area contributed by atoms with Crippen molar-refractivity contribution in [2.24, 2.45) is 0 Å². The summed E-state index contributed by atoms with van der Waals surface area (Å²) in [6.45, 7) is 5.43. The van der Waals surface area contributed by atoms with Gasteiger partial charge in [0, 0.05) is 24.4 Å². The van der Waals surface area contributed by atoms with E-state index in [0.717, 1.165) is 5.56 Å². The number of ketones is 1. The first-order chi connectivity index (χ1) is 16.5. The van der Waals surface area contributed by atoms with Crippen LogP contribution in [0.2, 0.25) is 0 Å². The van der Waals surface area contributed by atoms with Crippen LogP contribution < -0.4 is 4.74 Å².